The lowest BCUT2D eigenvalue weighted by Gasteiger charge is -2.34. The molecule has 0 bridgehead atoms. The van der Waals surface area contributed by atoms with Gasteiger partial charge in [0.1, 0.15) is 0 Å². The lowest BCUT2D eigenvalue weighted by Crippen LogP contribution is -2.46. The Kier molecular flexibility index (Phi) is 5.30. The van der Waals surface area contributed by atoms with Gasteiger partial charge in [0.25, 0.3) is 0 Å². The van der Waals surface area contributed by atoms with Gasteiger partial charge >= 0.3 is 0 Å². The van der Waals surface area contributed by atoms with Gasteiger partial charge in [-0.3, -0.25) is 0 Å². The first-order valence-corrected chi connectivity index (χ1v) is 7.73. The molecule has 17 heavy (non-hydrogen) atoms. The smallest absolute Gasteiger partial charge is 0.0195 e. The molecule has 0 spiro atoms. The molecule has 1 heterocycles. The molecule has 2 rings (SSSR count). The molecule has 1 saturated carbocycles. The molecular formula is C15H30N2. The zero-order valence-electron chi connectivity index (χ0n) is 11.8. The van der Waals surface area contributed by atoms with Crippen molar-refractivity contribution < 1.29 is 0 Å². The van der Waals surface area contributed by atoms with Crippen LogP contribution in [0.5, 0.6) is 0 Å². The summed E-state index contributed by atoms with van der Waals surface area (Å²) in [4.78, 5) is 2.59. The second-order valence-electron chi connectivity index (χ2n) is 6.27. The zero-order valence-corrected chi connectivity index (χ0v) is 11.8. The standard InChI is InChI=1S/C15H30N2/c1-3-17-10-4-5-15(12-17)16-11-14-8-6-13(2)7-9-14/h13-16H,3-12H2,1-2H3. The van der Waals surface area contributed by atoms with Gasteiger partial charge in [0.2, 0.25) is 0 Å². The monoisotopic (exact) mass is 238 g/mol. The van der Waals surface area contributed by atoms with E-state index >= 15 is 0 Å². The largest absolute Gasteiger partial charge is 0.312 e. The quantitative estimate of drug-likeness (QED) is 0.810. The Morgan fingerprint density at radius 3 is 2.59 bits per heavy atom. The van der Waals surface area contributed by atoms with Crippen molar-refractivity contribution in [3.8, 4) is 0 Å². The molecule has 1 aliphatic carbocycles. The molecule has 1 atom stereocenters. The van der Waals surface area contributed by atoms with Crippen molar-refractivity contribution in [3.63, 3.8) is 0 Å². The van der Waals surface area contributed by atoms with Crippen molar-refractivity contribution in [2.75, 3.05) is 26.2 Å². The van der Waals surface area contributed by atoms with E-state index < -0.39 is 0 Å². The van der Waals surface area contributed by atoms with Crippen LogP contribution in [-0.4, -0.2) is 37.1 Å². The molecule has 1 saturated heterocycles. The fourth-order valence-corrected chi connectivity index (χ4v) is 3.38. The Bertz CT molecular complexity index is 209. The summed E-state index contributed by atoms with van der Waals surface area (Å²) in [5.41, 5.74) is 0. The van der Waals surface area contributed by atoms with Crippen LogP contribution in [0, 0.1) is 11.8 Å². The molecule has 1 aliphatic heterocycles. The summed E-state index contributed by atoms with van der Waals surface area (Å²) < 4.78 is 0. The number of rotatable bonds is 4. The van der Waals surface area contributed by atoms with E-state index in [1.54, 1.807) is 0 Å². The van der Waals surface area contributed by atoms with Crippen molar-refractivity contribution in [2.45, 2.75) is 58.4 Å². The Balaban J connectivity index is 1.64. The summed E-state index contributed by atoms with van der Waals surface area (Å²) >= 11 is 0. The number of nitrogens with one attached hydrogen (secondary N) is 1. The van der Waals surface area contributed by atoms with Gasteiger partial charge in [0, 0.05) is 12.6 Å². The van der Waals surface area contributed by atoms with Crippen LogP contribution in [0.25, 0.3) is 0 Å². The molecule has 0 radical (unpaired) electrons. The van der Waals surface area contributed by atoms with Gasteiger partial charge < -0.3 is 10.2 Å². The van der Waals surface area contributed by atoms with Crippen LogP contribution in [0.3, 0.4) is 0 Å². The highest BCUT2D eigenvalue weighted by Crippen LogP contribution is 2.27. The lowest BCUT2D eigenvalue weighted by atomic mass is 9.83. The maximum atomic E-state index is 3.83. The Morgan fingerprint density at radius 2 is 1.88 bits per heavy atom. The highest BCUT2D eigenvalue weighted by Gasteiger charge is 2.21. The van der Waals surface area contributed by atoms with Gasteiger partial charge in [-0.2, -0.15) is 0 Å². The lowest BCUT2D eigenvalue weighted by molar-refractivity contribution is 0.188. The Labute approximate surface area is 107 Å². The highest BCUT2D eigenvalue weighted by atomic mass is 15.2. The molecule has 100 valence electrons. The number of hydrogen-bond acceptors (Lipinski definition) is 2. The van der Waals surface area contributed by atoms with E-state index in [2.05, 4.69) is 24.1 Å². The van der Waals surface area contributed by atoms with Crippen molar-refractivity contribution >= 4 is 0 Å². The molecular weight excluding hydrogens is 208 g/mol. The van der Waals surface area contributed by atoms with Crippen LogP contribution in [0.2, 0.25) is 0 Å². The first kappa shape index (κ1) is 13.4. The third-order valence-corrected chi connectivity index (χ3v) is 4.78. The first-order chi connectivity index (χ1) is 8.28. The third kappa shape index (κ3) is 4.26. The predicted octanol–water partition coefficient (Wildman–Crippen LogP) is 2.89. The summed E-state index contributed by atoms with van der Waals surface area (Å²) in [7, 11) is 0. The van der Waals surface area contributed by atoms with Crippen LogP contribution in [0.1, 0.15) is 52.4 Å². The van der Waals surface area contributed by atoms with E-state index in [4.69, 9.17) is 0 Å². The fourth-order valence-electron chi connectivity index (χ4n) is 3.38. The molecule has 1 N–H and O–H groups in total. The second kappa shape index (κ2) is 6.75. The Morgan fingerprint density at radius 1 is 1.12 bits per heavy atom. The topological polar surface area (TPSA) is 15.3 Å². The first-order valence-electron chi connectivity index (χ1n) is 7.73. The van der Waals surface area contributed by atoms with Gasteiger partial charge in [0.05, 0.1) is 0 Å². The van der Waals surface area contributed by atoms with Crippen LogP contribution in [-0.2, 0) is 0 Å². The highest BCUT2D eigenvalue weighted by molar-refractivity contribution is 4.80. The van der Waals surface area contributed by atoms with Crippen LogP contribution in [0.15, 0.2) is 0 Å². The maximum absolute atomic E-state index is 3.83. The van der Waals surface area contributed by atoms with Gasteiger partial charge in [0.15, 0.2) is 0 Å². The van der Waals surface area contributed by atoms with E-state index in [-0.39, 0.29) is 0 Å². The van der Waals surface area contributed by atoms with E-state index in [1.807, 2.05) is 0 Å². The van der Waals surface area contributed by atoms with E-state index in [0.717, 1.165) is 17.9 Å². The van der Waals surface area contributed by atoms with Crippen molar-refractivity contribution in [1.82, 2.24) is 10.2 Å². The number of likely N-dealkylation sites (tertiary alicyclic amines) is 1. The van der Waals surface area contributed by atoms with E-state index in [9.17, 15) is 0 Å². The van der Waals surface area contributed by atoms with Gasteiger partial charge in [-0.15, -0.1) is 0 Å². The summed E-state index contributed by atoms with van der Waals surface area (Å²) in [5.74, 6) is 1.94. The SMILES string of the molecule is CCN1CCCC(NCC2CCC(C)CC2)C1. The fraction of sp³-hybridized carbons (Fsp3) is 1.00. The molecule has 2 nitrogen and oxygen atoms in total. The molecule has 2 aliphatic rings. The second-order valence-corrected chi connectivity index (χ2v) is 6.27. The molecule has 0 aromatic carbocycles. The minimum Gasteiger partial charge on any atom is -0.312 e. The minimum atomic E-state index is 0.767. The zero-order chi connectivity index (χ0) is 12.1. The number of hydrogen-bond donors (Lipinski definition) is 1. The Hall–Kier alpha value is -0.0800. The normalized spacial score (nSPS) is 36.0. The van der Waals surface area contributed by atoms with E-state index in [0.29, 0.717) is 0 Å². The van der Waals surface area contributed by atoms with E-state index in [1.165, 1.54) is 64.7 Å². The molecule has 0 amide bonds. The molecule has 1 unspecified atom stereocenters. The van der Waals surface area contributed by atoms with Crippen LogP contribution in [0.4, 0.5) is 0 Å². The average molecular weight is 238 g/mol. The van der Waals surface area contributed by atoms with Gasteiger partial charge in [-0.05, 0) is 57.2 Å². The maximum Gasteiger partial charge on any atom is 0.0195 e. The van der Waals surface area contributed by atoms with Crippen molar-refractivity contribution in [3.05, 3.63) is 0 Å². The third-order valence-electron chi connectivity index (χ3n) is 4.78. The molecule has 2 heteroatoms. The van der Waals surface area contributed by atoms with Gasteiger partial charge in [-0.1, -0.05) is 26.7 Å². The average Bonchev–Trinajstić information content (AvgIpc) is 2.38. The minimum absolute atomic E-state index is 0.767. The number of piperidine rings is 1. The number of nitrogens with zero attached hydrogens (tertiary/aromatic N) is 1. The summed E-state index contributed by atoms with van der Waals surface area (Å²) in [6, 6.07) is 0.767. The van der Waals surface area contributed by atoms with Crippen LogP contribution < -0.4 is 5.32 Å². The summed E-state index contributed by atoms with van der Waals surface area (Å²) in [5, 5.41) is 3.83. The van der Waals surface area contributed by atoms with Crippen LogP contribution >= 0.6 is 0 Å². The van der Waals surface area contributed by atoms with Gasteiger partial charge in [-0.25, -0.2) is 0 Å². The van der Waals surface area contributed by atoms with Crippen molar-refractivity contribution in [1.29, 1.82) is 0 Å². The summed E-state index contributed by atoms with van der Waals surface area (Å²) in [6.07, 6.45) is 8.60. The molecule has 0 aromatic rings. The van der Waals surface area contributed by atoms with Crippen molar-refractivity contribution in [2.24, 2.45) is 11.8 Å². The molecule has 0 aromatic heterocycles. The molecule has 2 fully saturated rings. The predicted molar refractivity (Wildman–Crippen MR) is 74.3 cm³/mol. The number of likely N-dealkylation sites (N-methyl/N-ethyl adjacent to an activating group) is 1. The summed E-state index contributed by atoms with van der Waals surface area (Å²) in [6.45, 7) is 9.78.